The Morgan fingerprint density at radius 3 is 2.56 bits per heavy atom. The Kier molecular flexibility index (Phi) is 6.17. The lowest BCUT2D eigenvalue weighted by atomic mass is 10.1. The van der Waals surface area contributed by atoms with Gasteiger partial charge in [-0.15, -0.1) is 0 Å². The zero-order chi connectivity index (χ0) is 18.4. The van der Waals surface area contributed by atoms with E-state index in [9.17, 15) is 9.59 Å². The lowest BCUT2D eigenvalue weighted by Gasteiger charge is -2.12. The molecule has 0 aromatic heterocycles. The minimum absolute atomic E-state index is 0.0525. The Bertz CT molecular complexity index is 769. The highest BCUT2D eigenvalue weighted by molar-refractivity contribution is 5.97. The first kappa shape index (κ1) is 18.5. The van der Waals surface area contributed by atoms with E-state index in [4.69, 9.17) is 4.74 Å². The second kappa shape index (κ2) is 8.33. The van der Waals surface area contributed by atoms with E-state index in [2.05, 4.69) is 10.6 Å². The lowest BCUT2D eigenvalue weighted by molar-refractivity contribution is -0.118. The topological polar surface area (TPSA) is 67.4 Å². The number of aryl methyl sites for hydroxylation is 2. The van der Waals surface area contributed by atoms with Gasteiger partial charge in [0.15, 0.2) is 6.61 Å². The van der Waals surface area contributed by atoms with Crippen molar-refractivity contribution >= 4 is 17.5 Å². The molecule has 2 aromatic rings. The zero-order valence-electron chi connectivity index (χ0n) is 15.1. The van der Waals surface area contributed by atoms with Crippen molar-refractivity contribution in [3.63, 3.8) is 0 Å². The molecule has 0 unspecified atom stereocenters. The number of nitrogens with one attached hydrogen (secondary N) is 2. The van der Waals surface area contributed by atoms with Gasteiger partial charge in [-0.2, -0.15) is 0 Å². The molecule has 0 heterocycles. The van der Waals surface area contributed by atoms with Gasteiger partial charge in [-0.1, -0.05) is 18.2 Å². The van der Waals surface area contributed by atoms with Gasteiger partial charge in [0.1, 0.15) is 5.75 Å². The molecule has 2 aromatic carbocycles. The van der Waals surface area contributed by atoms with E-state index < -0.39 is 0 Å². The quantitative estimate of drug-likeness (QED) is 0.846. The zero-order valence-corrected chi connectivity index (χ0v) is 15.1. The van der Waals surface area contributed by atoms with E-state index in [1.54, 1.807) is 24.3 Å². The van der Waals surface area contributed by atoms with Crippen LogP contribution in [0.3, 0.4) is 0 Å². The number of amides is 2. The largest absolute Gasteiger partial charge is 0.483 e. The van der Waals surface area contributed by atoms with Crippen LogP contribution < -0.4 is 15.4 Å². The van der Waals surface area contributed by atoms with Gasteiger partial charge in [0.2, 0.25) is 0 Å². The van der Waals surface area contributed by atoms with Gasteiger partial charge in [0.05, 0.1) is 0 Å². The Morgan fingerprint density at radius 2 is 1.84 bits per heavy atom. The second-order valence-electron chi connectivity index (χ2n) is 6.31. The molecule has 2 rings (SSSR count). The summed E-state index contributed by atoms with van der Waals surface area (Å²) in [5, 5.41) is 5.57. The molecule has 0 saturated heterocycles. The summed E-state index contributed by atoms with van der Waals surface area (Å²) in [5.74, 6) is 0.250. The standard InChI is InChI=1S/C20H24N2O3/c1-13(2)21-20(24)16-6-5-7-17(11-16)22-19(23)12-25-18-10-14(3)8-9-15(18)4/h5-11,13H,12H2,1-4H3,(H,21,24)(H,22,23). The Balaban J connectivity index is 1.96. The Morgan fingerprint density at radius 1 is 1.08 bits per heavy atom. The van der Waals surface area contributed by atoms with Gasteiger partial charge < -0.3 is 15.4 Å². The van der Waals surface area contributed by atoms with Crippen LogP contribution >= 0.6 is 0 Å². The molecule has 0 atom stereocenters. The van der Waals surface area contributed by atoms with Crippen molar-refractivity contribution in [3.05, 3.63) is 59.2 Å². The fourth-order valence-electron chi connectivity index (χ4n) is 2.29. The van der Waals surface area contributed by atoms with Crippen LogP contribution in [0.1, 0.15) is 35.3 Å². The summed E-state index contributed by atoms with van der Waals surface area (Å²) in [4.78, 5) is 24.1. The van der Waals surface area contributed by atoms with Crippen LogP contribution in [0.2, 0.25) is 0 Å². The fraction of sp³-hybridized carbons (Fsp3) is 0.300. The number of hydrogen-bond acceptors (Lipinski definition) is 3. The summed E-state index contributed by atoms with van der Waals surface area (Å²) in [7, 11) is 0. The van der Waals surface area contributed by atoms with E-state index in [0.717, 1.165) is 11.1 Å². The smallest absolute Gasteiger partial charge is 0.262 e. The van der Waals surface area contributed by atoms with E-state index >= 15 is 0 Å². The van der Waals surface area contributed by atoms with Crippen LogP contribution in [0.5, 0.6) is 5.75 Å². The first-order valence-electron chi connectivity index (χ1n) is 8.26. The van der Waals surface area contributed by atoms with Crippen molar-refractivity contribution in [2.75, 3.05) is 11.9 Å². The van der Waals surface area contributed by atoms with Gasteiger partial charge in [0, 0.05) is 17.3 Å². The molecule has 0 fully saturated rings. The Labute approximate surface area is 148 Å². The minimum Gasteiger partial charge on any atom is -0.483 e. The van der Waals surface area contributed by atoms with Gasteiger partial charge >= 0.3 is 0 Å². The molecule has 0 aliphatic heterocycles. The summed E-state index contributed by atoms with van der Waals surface area (Å²) >= 11 is 0. The van der Waals surface area contributed by atoms with Crippen molar-refractivity contribution in [1.29, 1.82) is 0 Å². The summed E-state index contributed by atoms with van der Waals surface area (Å²) in [6.45, 7) is 7.61. The van der Waals surface area contributed by atoms with Gasteiger partial charge in [-0.3, -0.25) is 9.59 Å². The summed E-state index contributed by atoms with van der Waals surface area (Å²) < 4.78 is 5.59. The molecule has 0 aliphatic carbocycles. The SMILES string of the molecule is Cc1ccc(C)c(OCC(=O)Nc2cccc(C(=O)NC(C)C)c2)c1. The fourth-order valence-corrected chi connectivity index (χ4v) is 2.29. The summed E-state index contributed by atoms with van der Waals surface area (Å²) in [6.07, 6.45) is 0. The number of ether oxygens (including phenoxy) is 1. The third kappa shape index (κ3) is 5.64. The van der Waals surface area contributed by atoms with Crippen molar-refractivity contribution < 1.29 is 14.3 Å². The van der Waals surface area contributed by atoms with Gasteiger partial charge in [-0.25, -0.2) is 0 Å². The van der Waals surface area contributed by atoms with Crippen molar-refractivity contribution in [2.45, 2.75) is 33.7 Å². The molecule has 5 heteroatoms. The van der Waals surface area contributed by atoms with Crippen molar-refractivity contribution in [1.82, 2.24) is 5.32 Å². The molecule has 2 N–H and O–H groups in total. The molecule has 0 spiro atoms. The number of carbonyl (C=O) groups excluding carboxylic acids is 2. The third-order valence-electron chi connectivity index (χ3n) is 3.53. The maximum absolute atomic E-state index is 12.1. The van der Waals surface area contributed by atoms with E-state index in [-0.39, 0.29) is 24.5 Å². The van der Waals surface area contributed by atoms with Crippen molar-refractivity contribution in [3.8, 4) is 5.75 Å². The molecule has 5 nitrogen and oxygen atoms in total. The average molecular weight is 340 g/mol. The molecule has 0 aliphatic rings. The summed E-state index contributed by atoms with van der Waals surface area (Å²) in [6, 6.07) is 12.7. The highest BCUT2D eigenvalue weighted by atomic mass is 16.5. The van der Waals surface area contributed by atoms with Crippen LogP contribution in [0, 0.1) is 13.8 Å². The molecule has 0 bridgehead atoms. The van der Waals surface area contributed by atoms with E-state index in [1.807, 2.05) is 45.9 Å². The molecule has 2 amide bonds. The predicted octanol–water partition coefficient (Wildman–Crippen LogP) is 3.46. The summed E-state index contributed by atoms with van der Waals surface area (Å²) in [5.41, 5.74) is 3.11. The van der Waals surface area contributed by atoms with E-state index in [1.165, 1.54) is 0 Å². The van der Waals surface area contributed by atoms with Crippen LogP contribution in [0.15, 0.2) is 42.5 Å². The van der Waals surface area contributed by atoms with Crippen LogP contribution in [0.4, 0.5) is 5.69 Å². The first-order valence-corrected chi connectivity index (χ1v) is 8.26. The van der Waals surface area contributed by atoms with Crippen LogP contribution in [-0.4, -0.2) is 24.5 Å². The lowest BCUT2D eigenvalue weighted by Crippen LogP contribution is -2.30. The minimum atomic E-state index is -0.276. The maximum Gasteiger partial charge on any atom is 0.262 e. The number of rotatable bonds is 6. The first-order chi connectivity index (χ1) is 11.8. The van der Waals surface area contributed by atoms with Crippen molar-refractivity contribution in [2.24, 2.45) is 0 Å². The van der Waals surface area contributed by atoms with Gasteiger partial charge in [0.25, 0.3) is 11.8 Å². The molecule has 132 valence electrons. The molecular formula is C20H24N2O3. The number of anilines is 1. The second-order valence-corrected chi connectivity index (χ2v) is 6.31. The van der Waals surface area contributed by atoms with Crippen LogP contribution in [0.25, 0.3) is 0 Å². The number of hydrogen-bond donors (Lipinski definition) is 2. The normalized spacial score (nSPS) is 10.4. The van der Waals surface area contributed by atoms with Crippen LogP contribution in [-0.2, 0) is 4.79 Å². The Hall–Kier alpha value is -2.82. The number of carbonyl (C=O) groups is 2. The highest BCUT2D eigenvalue weighted by Crippen LogP contribution is 2.19. The van der Waals surface area contributed by atoms with Gasteiger partial charge in [-0.05, 0) is 63.1 Å². The maximum atomic E-state index is 12.1. The molecule has 25 heavy (non-hydrogen) atoms. The third-order valence-corrected chi connectivity index (χ3v) is 3.53. The molecular weight excluding hydrogens is 316 g/mol. The monoisotopic (exact) mass is 340 g/mol. The molecule has 0 radical (unpaired) electrons. The average Bonchev–Trinajstić information content (AvgIpc) is 2.55. The highest BCUT2D eigenvalue weighted by Gasteiger charge is 2.10. The number of benzene rings is 2. The predicted molar refractivity (Wildman–Crippen MR) is 99.1 cm³/mol. The van der Waals surface area contributed by atoms with E-state index in [0.29, 0.717) is 17.0 Å². The molecule has 0 saturated carbocycles.